The maximum atomic E-state index is 8.27. The molecule has 0 aliphatic heterocycles. The van der Waals surface area contributed by atoms with Crippen LogP contribution in [0.2, 0.25) is 5.02 Å². The maximum Gasteiger partial charge on any atom is 0.229 e. The molecule has 8 heteroatoms. The number of aromatic nitrogens is 4. The van der Waals surface area contributed by atoms with Crippen molar-refractivity contribution in [3.05, 3.63) is 70.9 Å². The van der Waals surface area contributed by atoms with E-state index in [4.69, 9.17) is 22.4 Å². The molecule has 0 bridgehead atoms. The monoisotopic (exact) mass is 429 g/mol. The summed E-state index contributed by atoms with van der Waals surface area (Å²) in [6.07, 6.45) is 3.48. The first-order valence-electron chi connectivity index (χ1n) is 10.00. The third-order valence-electron chi connectivity index (χ3n) is 5.56. The number of benzene rings is 2. The second-order valence-electron chi connectivity index (χ2n) is 7.65. The van der Waals surface area contributed by atoms with E-state index in [0.29, 0.717) is 22.3 Å². The molecule has 1 saturated carbocycles. The summed E-state index contributed by atoms with van der Waals surface area (Å²) < 4.78 is 1.39. The minimum absolute atomic E-state index is 0.0377. The molecule has 154 valence electrons. The topological polar surface area (TPSA) is 94.5 Å². The molecule has 7 nitrogen and oxygen atoms in total. The molecule has 5 rings (SSSR count). The molecule has 0 atom stereocenters. The van der Waals surface area contributed by atoms with Crippen LogP contribution in [0.15, 0.2) is 54.6 Å². The minimum atomic E-state index is -0.0377. The van der Waals surface area contributed by atoms with Crippen molar-refractivity contribution in [1.82, 2.24) is 19.7 Å². The number of nitrogens with one attached hydrogen (secondary N) is 2. The van der Waals surface area contributed by atoms with Gasteiger partial charge in [0.25, 0.3) is 0 Å². The van der Waals surface area contributed by atoms with Gasteiger partial charge in [-0.05, 0) is 55.3 Å². The van der Waals surface area contributed by atoms with Crippen LogP contribution in [0.5, 0.6) is 0 Å². The van der Waals surface area contributed by atoms with Crippen LogP contribution in [0.3, 0.4) is 0 Å². The van der Waals surface area contributed by atoms with E-state index < -0.39 is 0 Å². The molecule has 2 aromatic carbocycles. The molecule has 2 N–H and O–H groups in total. The van der Waals surface area contributed by atoms with Crippen molar-refractivity contribution in [1.29, 1.82) is 10.8 Å². The van der Waals surface area contributed by atoms with Crippen molar-refractivity contribution in [3.63, 3.8) is 0 Å². The van der Waals surface area contributed by atoms with E-state index in [9.17, 15) is 0 Å². The van der Waals surface area contributed by atoms with Crippen molar-refractivity contribution >= 4 is 40.3 Å². The molecule has 0 unspecified atom stereocenters. The first-order chi connectivity index (χ1) is 15.0. The smallest absolute Gasteiger partial charge is 0.229 e. The van der Waals surface area contributed by atoms with E-state index in [-0.39, 0.29) is 5.62 Å². The molecule has 1 aliphatic rings. The van der Waals surface area contributed by atoms with Crippen molar-refractivity contribution in [3.8, 4) is 11.3 Å². The van der Waals surface area contributed by atoms with E-state index in [2.05, 4.69) is 21.2 Å². The zero-order chi connectivity index (χ0) is 21.5. The summed E-state index contributed by atoms with van der Waals surface area (Å²) >= 11 is 6.18. The molecule has 0 radical (unpaired) electrons. The number of nitrogens with zero attached hydrogens (tertiary/aromatic N) is 5. The zero-order valence-electron chi connectivity index (χ0n) is 16.9. The Labute approximate surface area is 184 Å². The standard InChI is InChI=1S/C23H20ClN7/c1-30(22-18-8-7-16(24)12-21(18)31(13-25)23(26)27-22)17-4-2-3-15(11-17)20-10-9-19(28-29-20)14-5-6-14/h2-4,7-14,25-26H,5-6H2,1H3. The van der Waals surface area contributed by atoms with Gasteiger partial charge in [0.1, 0.15) is 5.82 Å². The van der Waals surface area contributed by atoms with Gasteiger partial charge in [-0.3, -0.25) is 15.4 Å². The SMILES string of the molecule is CN(c1cccc(-c2ccc(C3CC3)nn2)c1)c1nc(=N)n(C=N)c2cc(Cl)ccc12. The van der Waals surface area contributed by atoms with Crippen LogP contribution in [0, 0.1) is 10.8 Å². The summed E-state index contributed by atoms with van der Waals surface area (Å²) in [6.45, 7) is 0. The van der Waals surface area contributed by atoms with E-state index >= 15 is 0 Å². The van der Waals surface area contributed by atoms with Crippen molar-refractivity contribution in [2.24, 2.45) is 0 Å². The van der Waals surface area contributed by atoms with Crippen LogP contribution in [-0.4, -0.2) is 33.1 Å². The first kappa shape index (κ1) is 19.4. The van der Waals surface area contributed by atoms with Gasteiger partial charge in [-0.2, -0.15) is 15.2 Å². The van der Waals surface area contributed by atoms with Gasteiger partial charge >= 0.3 is 0 Å². The lowest BCUT2D eigenvalue weighted by Crippen LogP contribution is -2.26. The summed E-state index contributed by atoms with van der Waals surface area (Å²) in [5.74, 6) is 1.19. The Morgan fingerprint density at radius 1 is 1.10 bits per heavy atom. The third-order valence-corrected chi connectivity index (χ3v) is 5.79. The Kier molecular flexibility index (Phi) is 4.75. The molecule has 0 saturated heterocycles. The number of hydrogen-bond donors (Lipinski definition) is 2. The quantitative estimate of drug-likeness (QED) is 0.354. The number of rotatable bonds is 5. The molecule has 1 aliphatic carbocycles. The van der Waals surface area contributed by atoms with Gasteiger partial charge in [-0.25, -0.2) is 0 Å². The third kappa shape index (κ3) is 3.57. The normalized spacial score (nSPS) is 13.4. The van der Waals surface area contributed by atoms with Gasteiger partial charge in [0.15, 0.2) is 0 Å². The number of fused-ring (bicyclic) bond motifs is 1. The lowest BCUT2D eigenvalue weighted by atomic mass is 10.1. The summed E-state index contributed by atoms with van der Waals surface area (Å²) in [6, 6.07) is 17.5. The second kappa shape index (κ2) is 7.59. The summed E-state index contributed by atoms with van der Waals surface area (Å²) in [4.78, 5) is 6.38. The lowest BCUT2D eigenvalue weighted by Gasteiger charge is -2.21. The zero-order valence-corrected chi connectivity index (χ0v) is 17.6. The molecular formula is C23H20ClN7. The van der Waals surface area contributed by atoms with Crippen LogP contribution < -0.4 is 10.5 Å². The van der Waals surface area contributed by atoms with Crippen LogP contribution in [-0.2, 0) is 0 Å². The van der Waals surface area contributed by atoms with Crippen LogP contribution in [0.25, 0.3) is 22.2 Å². The fourth-order valence-corrected chi connectivity index (χ4v) is 3.86. The van der Waals surface area contributed by atoms with E-state index in [0.717, 1.165) is 34.4 Å². The van der Waals surface area contributed by atoms with Gasteiger partial charge < -0.3 is 4.90 Å². The fraction of sp³-hybridized carbons (Fsp3) is 0.174. The van der Waals surface area contributed by atoms with Crippen LogP contribution >= 0.6 is 11.6 Å². The number of anilines is 2. The Hall–Kier alpha value is -3.58. The minimum Gasteiger partial charge on any atom is -0.329 e. The Balaban J connectivity index is 1.57. The molecule has 1 fully saturated rings. The highest BCUT2D eigenvalue weighted by Gasteiger charge is 2.25. The molecule has 4 aromatic rings. The highest BCUT2D eigenvalue weighted by Crippen LogP contribution is 2.39. The Bertz CT molecular complexity index is 1360. The van der Waals surface area contributed by atoms with Crippen molar-refractivity contribution in [2.75, 3.05) is 11.9 Å². The van der Waals surface area contributed by atoms with E-state index in [1.807, 2.05) is 48.3 Å². The predicted octanol–water partition coefficient (Wildman–Crippen LogP) is 4.73. The highest BCUT2D eigenvalue weighted by molar-refractivity contribution is 6.31. The fourth-order valence-electron chi connectivity index (χ4n) is 3.70. The number of hydrogen-bond acceptors (Lipinski definition) is 6. The Morgan fingerprint density at radius 3 is 2.65 bits per heavy atom. The lowest BCUT2D eigenvalue weighted by molar-refractivity contribution is 0.913. The van der Waals surface area contributed by atoms with Crippen LogP contribution in [0.4, 0.5) is 11.5 Å². The van der Waals surface area contributed by atoms with Gasteiger partial charge in [0.2, 0.25) is 5.62 Å². The van der Waals surface area contributed by atoms with Crippen molar-refractivity contribution in [2.45, 2.75) is 18.8 Å². The van der Waals surface area contributed by atoms with Gasteiger partial charge in [-0.1, -0.05) is 23.7 Å². The maximum absolute atomic E-state index is 8.27. The van der Waals surface area contributed by atoms with E-state index in [1.54, 1.807) is 12.1 Å². The molecular weight excluding hydrogens is 410 g/mol. The Morgan fingerprint density at radius 2 is 1.94 bits per heavy atom. The summed E-state index contributed by atoms with van der Waals surface area (Å²) in [7, 11) is 1.91. The molecule has 0 spiro atoms. The van der Waals surface area contributed by atoms with Gasteiger partial charge in [-0.15, -0.1) is 0 Å². The average molecular weight is 430 g/mol. The van der Waals surface area contributed by atoms with Gasteiger partial charge in [0.05, 0.1) is 23.2 Å². The first-order valence-corrected chi connectivity index (χ1v) is 10.4. The largest absolute Gasteiger partial charge is 0.329 e. The summed E-state index contributed by atoms with van der Waals surface area (Å²) in [5.41, 5.74) is 4.37. The summed E-state index contributed by atoms with van der Waals surface area (Å²) in [5, 5.41) is 26.1. The predicted molar refractivity (Wildman–Crippen MR) is 122 cm³/mol. The van der Waals surface area contributed by atoms with Crippen molar-refractivity contribution < 1.29 is 0 Å². The van der Waals surface area contributed by atoms with Gasteiger partial charge in [0, 0.05) is 34.6 Å². The second-order valence-corrected chi connectivity index (χ2v) is 8.08. The molecule has 2 heterocycles. The molecule has 0 amide bonds. The van der Waals surface area contributed by atoms with E-state index in [1.165, 1.54) is 17.4 Å². The number of halogens is 1. The average Bonchev–Trinajstić information content (AvgIpc) is 3.64. The van der Waals surface area contributed by atoms with Crippen LogP contribution in [0.1, 0.15) is 24.5 Å². The highest BCUT2D eigenvalue weighted by atomic mass is 35.5. The molecule has 2 aromatic heterocycles. The molecule has 31 heavy (non-hydrogen) atoms.